The van der Waals surface area contributed by atoms with Crippen molar-refractivity contribution in [2.24, 2.45) is 0 Å². The molecule has 0 aliphatic carbocycles. The summed E-state index contributed by atoms with van der Waals surface area (Å²) in [4.78, 5) is 16.4. The molecule has 0 saturated heterocycles. The Kier molecular flexibility index (Phi) is 5.59. The van der Waals surface area contributed by atoms with Gasteiger partial charge in [-0.05, 0) is 30.7 Å². The van der Waals surface area contributed by atoms with Crippen LogP contribution >= 0.6 is 27.5 Å². The van der Waals surface area contributed by atoms with Crippen LogP contribution in [0.5, 0.6) is 0 Å². The van der Waals surface area contributed by atoms with E-state index in [9.17, 15) is 4.79 Å². The summed E-state index contributed by atoms with van der Waals surface area (Å²) in [5.74, 6) is -0.248. The molecule has 1 aromatic carbocycles. The van der Waals surface area contributed by atoms with Crippen LogP contribution in [0, 0.1) is 0 Å². The van der Waals surface area contributed by atoms with Crippen molar-refractivity contribution in [2.75, 3.05) is 17.2 Å². The summed E-state index contributed by atoms with van der Waals surface area (Å²) in [5, 5.41) is 6.50. The normalized spacial score (nSPS) is 10.2. The van der Waals surface area contributed by atoms with Gasteiger partial charge in [0.1, 0.15) is 0 Å². The number of rotatable bonds is 5. The average Bonchev–Trinajstić information content (AvgIpc) is 2.49. The Hall–Kier alpha value is -1.59. The summed E-state index contributed by atoms with van der Waals surface area (Å²) in [5.41, 5.74) is 1.80. The van der Waals surface area contributed by atoms with Crippen molar-refractivity contribution in [1.82, 2.24) is 4.98 Å². The number of pyridine rings is 1. The molecule has 0 bridgehead atoms. The molecule has 0 atom stereocenters. The van der Waals surface area contributed by atoms with Crippen molar-refractivity contribution < 1.29 is 4.79 Å². The fourth-order valence-electron chi connectivity index (χ4n) is 1.77. The fourth-order valence-corrected chi connectivity index (χ4v) is 2.30. The molecular formula is C15H15BrClN3O. The fraction of sp³-hybridized carbons (Fsp3) is 0.200. The smallest absolute Gasteiger partial charge is 0.259 e. The molecule has 6 heteroatoms. The molecule has 1 amide bonds. The van der Waals surface area contributed by atoms with Gasteiger partial charge in [0.15, 0.2) is 0 Å². The van der Waals surface area contributed by atoms with Gasteiger partial charge in [-0.25, -0.2) is 0 Å². The lowest BCUT2D eigenvalue weighted by atomic mass is 10.2. The molecule has 0 radical (unpaired) electrons. The van der Waals surface area contributed by atoms with Crippen molar-refractivity contribution in [3.63, 3.8) is 0 Å². The third-order valence-corrected chi connectivity index (χ3v) is 3.63. The predicted octanol–water partition coefficient (Wildman–Crippen LogP) is 4.57. The van der Waals surface area contributed by atoms with E-state index in [1.165, 1.54) is 0 Å². The molecule has 110 valence electrons. The summed E-state index contributed by atoms with van der Waals surface area (Å²) in [6.45, 7) is 2.86. The first-order chi connectivity index (χ1) is 10.1. The monoisotopic (exact) mass is 367 g/mol. The largest absolute Gasteiger partial charge is 0.384 e. The predicted molar refractivity (Wildman–Crippen MR) is 90.1 cm³/mol. The number of nitrogens with one attached hydrogen (secondary N) is 2. The van der Waals surface area contributed by atoms with Gasteiger partial charge in [0.2, 0.25) is 0 Å². The van der Waals surface area contributed by atoms with Gasteiger partial charge < -0.3 is 10.6 Å². The number of amides is 1. The average molecular weight is 369 g/mol. The van der Waals surface area contributed by atoms with Gasteiger partial charge in [-0.2, -0.15) is 0 Å². The van der Waals surface area contributed by atoms with E-state index < -0.39 is 0 Å². The Morgan fingerprint density at radius 2 is 2.14 bits per heavy atom. The molecule has 0 unspecified atom stereocenters. The van der Waals surface area contributed by atoms with E-state index in [1.54, 1.807) is 30.6 Å². The number of nitrogens with zero attached hydrogens (tertiary/aromatic N) is 1. The van der Waals surface area contributed by atoms with E-state index in [0.29, 0.717) is 16.3 Å². The summed E-state index contributed by atoms with van der Waals surface area (Å²) >= 11 is 9.44. The van der Waals surface area contributed by atoms with Gasteiger partial charge in [-0.15, -0.1) is 0 Å². The SMILES string of the molecule is CCCNc1ccncc1C(=O)Nc1cc(Br)ccc1Cl. The van der Waals surface area contributed by atoms with Crippen LogP contribution in [0.3, 0.4) is 0 Å². The van der Waals surface area contributed by atoms with Crippen LogP contribution in [0.4, 0.5) is 11.4 Å². The summed E-state index contributed by atoms with van der Waals surface area (Å²) in [6.07, 6.45) is 4.17. The third-order valence-electron chi connectivity index (χ3n) is 2.81. The molecule has 1 heterocycles. The minimum atomic E-state index is -0.248. The number of aromatic nitrogens is 1. The maximum Gasteiger partial charge on any atom is 0.259 e. The standard InChI is InChI=1S/C15H15BrClN3O/c1-2-6-19-13-5-7-18-9-11(13)15(21)20-14-8-10(16)3-4-12(14)17/h3-5,7-9H,2,6H2,1H3,(H,18,19)(H,20,21). The van der Waals surface area contributed by atoms with Crippen LogP contribution < -0.4 is 10.6 Å². The second-order valence-corrected chi connectivity index (χ2v) is 5.75. The maximum absolute atomic E-state index is 12.4. The molecule has 0 aliphatic heterocycles. The van der Waals surface area contributed by atoms with E-state index in [0.717, 1.165) is 23.1 Å². The van der Waals surface area contributed by atoms with Gasteiger partial charge in [0.05, 0.1) is 22.0 Å². The van der Waals surface area contributed by atoms with E-state index >= 15 is 0 Å². The van der Waals surface area contributed by atoms with E-state index in [2.05, 4.69) is 38.5 Å². The lowest BCUT2D eigenvalue weighted by Crippen LogP contribution is -2.15. The van der Waals surface area contributed by atoms with Crippen LogP contribution in [0.15, 0.2) is 41.1 Å². The molecule has 0 saturated carbocycles. The molecule has 2 N–H and O–H groups in total. The number of carbonyl (C=O) groups is 1. The molecule has 2 rings (SSSR count). The number of benzene rings is 1. The molecule has 4 nitrogen and oxygen atoms in total. The van der Waals surface area contributed by atoms with Gasteiger partial charge in [0.25, 0.3) is 5.91 Å². The van der Waals surface area contributed by atoms with Crippen molar-refractivity contribution in [3.05, 3.63) is 51.7 Å². The number of hydrogen-bond donors (Lipinski definition) is 2. The highest BCUT2D eigenvalue weighted by Gasteiger charge is 2.13. The van der Waals surface area contributed by atoms with E-state index in [4.69, 9.17) is 11.6 Å². The zero-order chi connectivity index (χ0) is 15.2. The highest BCUT2D eigenvalue weighted by Crippen LogP contribution is 2.26. The second kappa shape index (κ2) is 7.43. The molecule has 0 fully saturated rings. The molecule has 0 spiro atoms. The number of carbonyl (C=O) groups excluding carboxylic acids is 1. The molecule has 2 aromatic rings. The Morgan fingerprint density at radius 3 is 2.90 bits per heavy atom. The maximum atomic E-state index is 12.4. The van der Waals surface area contributed by atoms with Gasteiger partial charge in [-0.1, -0.05) is 34.5 Å². The van der Waals surface area contributed by atoms with Crippen molar-refractivity contribution in [3.8, 4) is 0 Å². The van der Waals surface area contributed by atoms with Gasteiger partial charge in [-0.3, -0.25) is 9.78 Å². The summed E-state index contributed by atoms with van der Waals surface area (Å²) < 4.78 is 0.845. The quantitative estimate of drug-likeness (QED) is 0.812. The van der Waals surface area contributed by atoms with Crippen molar-refractivity contribution in [2.45, 2.75) is 13.3 Å². The Morgan fingerprint density at radius 1 is 1.33 bits per heavy atom. The molecular weight excluding hydrogens is 354 g/mol. The summed E-state index contributed by atoms with van der Waals surface area (Å²) in [7, 11) is 0. The molecule has 0 aliphatic rings. The first kappa shape index (κ1) is 15.8. The number of hydrogen-bond acceptors (Lipinski definition) is 3. The topological polar surface area (TPSA) is 54.0 Å². The Labute approximate surface area is 137 Å². The third kappa shape index (κ3) is 4.19. The lowest BCUT2D eigenvalue weighted by molar-refractivity contribution is 0.102. The van der Waals surface area contributed by atoms with Crippen LogP contribution in [-0.4, -0.2) is 17.4 Å². The minimum absolute atomic E-state index is 0.248. The van der Waals surface area contributed by atoms with Crippen LogP contribution in [0.2, 0.25) is 5.02 Å². The van der Waals surface area contributed by atoms with Crippen LogP contribution in [0.1, 0.15) is 23.7 Å². The molecule has 1 aromatic heterocycles. The first-order valence-corrected chi connectivity index (χ1v) is 7.73. The highest BCUT2D eigenvalue weighted by atomic mass is 79.9. The van der Waals surface area contributed by atoms with Crippen molar-refractivity contribution >= 4 is 44.8 Å². The van der Waals surface area contributed by atoms with E-state index in [-0.39, 0.29) is 5.91 Å². The zero-order valence-corrected chi connectivity index (χ0v) is 13.8. The van der Waals surface area contributed by atoms with Crippen molar-refractivity contribution in [1.29, 1.82) is 0 Å². The number of anilines is 2. The van der Waals surface area contributed by atoms with Crippen LogP contribution in [-0.2, 0) is 0 Å². The van der Waals surface area contributed by atoms with Crippen LogP contribution in [0.25, 0.3) is 0 Å². The Balaban J connectivity index is 2.22. The Bertz CT molecular complexity index is 649. The van der Waals surface area contributed by atoms with Gasteiger partial charge in [0, 0.05) is 23.4 Å². The zero-order valence-electron chi connectivity index (χ0n) is 11.5. The van der Waals surface area contributed by atoms with E-state index in [1.807, 2.05) is 6.07 Å². The molecule has 21 heavy (non-hydrogen) atoms. The second-order valence-electron chi connectivity index (χ2n) is 4.43. The van der Waals surface area contributed by atoms with Gasteiger partial charge >= 0.3 is 0 Å². The lowest BCUT2D eigenvalue weighted by Gasteiger charge is -2.12. The first-order valence-electron chi connectivity index (χ1n) is 6.56. The number of halogens is 2. The summed E-state index contributed by atoms with van der Waals surface area (Å²) in [6, 6.07) is 7.08. The highest BCUT2D eigenvalue weighted by molar-refractivity contribution is 9.10. The minimum Gasteiger partial charge on any atom is -0.384 e.